The molecule has 0 atom stereocenters. The van der Waals surface area contributed by atoms with Gasteiger partial charge in [-0.3, -0.25) is 0 Å². The number of hydrogen-bond acceptors (Lipinski definition) is 3. The van der Waals surface area contributed by atoms with Gasteiger partial charge in [0.25, 0.3) is 0 Å². The number of piperidine rings is 1. The maximum Gasteiger partial charge on any atom is 0.414 e. The number of nitrogens with zero attached hydrogens (tertiary/aromatic N) is 2. The van der Waals surface area contributed by atoms with E-state index in [1.165, 1.54) is 19.3 Å². The number of rotatable bonds is 4. The second-order valence-electron chi connectivity index (χ2n) is 4.39. The van der Waals surface area contributed by atoms with Crippen molar-refractivity contribution in [3.63, 3.8) is 0 Å². The third kappa shape index (κ3) is 4.66. The maximum atomic E-state index is 11.5. The molecular formula is C12H22N2O2. The van der Waals surface area contributed by atoms with Gasteiger partial charge in [0.05, 0.1) is 5.76 Å². The number of hydrogen-bond donors (Lipinski definition) is 0. The quantitative estimate of drug-likeness (QED) is 0.688. The lowest BCUT2D eigenvalue weighted by atomic mass is 10.1. The van der Waals surface area contributed by atoms with E-state index in [0.717, 1.165) is 19.6 Å². The van der Waals surface area contributed by atoms with E-state index in [9.17, 15) is 4.79 Å². The van der Waals surface area contributed by atoms with E-state index in [1.54, 1.807) is 18.9 Å². The van der Waals surface area contributed by atoms with Gasteiger partial charge in [-0.1, -0.05) is 13.0 Å². The van der Waals surface area contributed by atoms with Crippen molar-refractivity contribution in [1.82, 2.24) is 9.80 Å². The molecule has 1 aliphatic heterocycles. The van der Waals surface area contributed by atoms with Crippen LogP contribution in [0.2, 0.25) is 0 Å². The summed E-state index contributed by atoms with van der Waals surface area (Å²) in [5, 5.41) is 0. The Bertz CT molecular complexity index is 247. The SMILES string of the molecule is C=C(C)OC(=O)N(C)CCN1CCCCC1. The Morgan fingerprint density at radius 3 is 2.56 bits per heavy atom. The van der Waals surface area contributed by atoms with Crippen LogP contribution in [0.15, 0.2) is 12.3 Å². The highest BCUT2D eigenvalue weighted by atomic mass is 16.6. The van der Waals surface area contributed by atoms with Gasteiger partial charge < -0.3 is 14.5 Å². The Morgan fingerprint density at radius 1 is 1.38 bits per heavy atom. The summed E-state index contributed by atoms with van der Waals surface area (Å²) in [5.74, 6) is 0.440. The summed E-state index contributed by atoms with van der Waals surface area (Å²) in [6.07, 6.45) is 3.58. The third-order valence-corrected chi connectivity index (χ3v) is 2.77. The van der Waals surface area contributed by atoms with E-state index in [0.29, 0.717) is 12.3 Å². The average molecular weight is 226 g/mol. The number of likely N-dealkylation sites (N-methyl/N-ethyl adjacent to an activating group) is 1. The van der Waals surface area contributed by atoms with Crippen LogP contribution in [0.3, 0.4) is 0 Å². The molecule has 1 amide bonds. The van der Waals surface area contributed by atoms with E-state index in [2.05, 4.69) is 11.5 Å². The molecule has 1 heterocycles. The first-order valence-corrected chi connectivity index (χ1v) is 5.90. The molecule has 1 saturated heterocycles. The summed E-state index contributed by atoms with van der Waals surface area (Å²) in [5.41, 5.74) is 0. The molecule has 1 aliphatic rings. The first-order valence-electron chi connectivity index (χ1n) is 5.90. The van der Waals surface area contributed by atoms with Gasteiger partial charge in [0.15, 0.2) is 0 Å². The van der Waals surface area contributed by atoms with Gasteiger partial charge in [-0.15, -0.1) is 0 Å². The first-order chi connectivity index (χ1) is 7.59. The highest BCUT2D eigenvalue weighted by Gasteiger charge is 2.14. The highest BCUT2D eigenvalue weighted by Crippen LogP contribution is 2.08. The summed E-state index contributed by atoms with van der Waals surface area (Å²) in [4.78, 5) is 15.4. The zero-order valence-corrected chi connectivity index (χ0v) is 10.4. The van der Waals surface area contributed by atoms with Crippen LogP contribution in [0, 0.1) is 0 Å². The molecule has 0 N–H and O–H groups in total. The summed E-state index contributed by atoms with van der Waals surface area (Å²) in [6, 6.07) is 0. The molecule has 1 fully saturated rings. The predicted molar refractivity (Wildman–Crippen MR) is 64.2 cm³/mol. The lowest BCUT2D eigenvalue weighted by Crippen LogP contribution is -2.38. The van der Waals surface area contributed by atoms with E-state index >= 15 is 0 Å². The van der Waals surface area contributed by atoms with E-state index in [1.807, 2.05) is 0 Å². The number of carbonyl (C=O) groups excluding carboxylic acids is 1. The first kappa shape index (κ1) is 13.0. The van der Waals surface area contributed by atoms with Gasteiger partial charge in [0.1, 0.15) is 0 Å². The molecule has 0 bridgehead atoms. The standard InChI is InChI=1S/C12H22N2O2/c1-11(2)16-12(15)13(3)9-10-14-7-5-4-6-8-14/h1,4-10H2,2-3H3. The minimum Gasteiger partial charge on any atom is -0.416 e. The lowest BCUT2D eigenvalue weighted by Gasteiger charge is -2.28. The second kappa shape index (κ2) is 6.53. The average Bonchev–Trinajstić information content (AvgIpc) is 2.26. The Kier molecular flexibility index (Phi) is 5.32. The Morgan fingerprint density at radius 2 is 2.00 bits per heavy atom. The van der Waals surface area contributed by atoms with Crippen molar-refractivity contribution in [2.75, 3.05) is 33.2 Å². The third-order valence-electron chi connectivity index (χ3n) is 2.77. The summed E-state index contributed by atoms with van der Waals surface area (Å²) in [7, 11) is 1.76. The van der Waals surface area contributed by atoms with Gasteiger partial charge >= 0.3 is 6.09 Å². The fourth-order valence-electron chi connectivity index (χ4n) is 1.79. The van der Waals surface area contributed by atoms with Crippen LogP contribution in [0.25, 0.3) is 0 Å². The Balaban J connectivity index is 2.20. The van der Waals surface area contributed by atoms with Crippen molar-refractivity contribution in [2.24, 2.45) is 0 Å². The van der Waals surface area contributed by atoms with Crippen LogP contribution in [-0.4, -0.2) is 49.1 Å². The highest BCUT2D eigenvalue weighted by molar-refractivity contribution is 5.68. The molecule has 4 heteroatoms. The molecule has 4 nitrogen and oxygen atoms in total. The van der Waals surface area contributed by atoms with Gasteiger partial charge in [0.2, 0.25) is 0 Å². The monoisotopic (exact) mass is 226 g/mol. The van der Waals surface area contributed by atoms with Crippen LogP contribution >= 0.6 is 0 Å². The number of carbonyl (C=O) groups is 1. The number of allylic oxidation sites excluding steroid dienone is 1. The molecule has 16 heavy (non-hydrogen) atoms. The molecule has 0 aromatic rings. The van der Waals surface area contributed by atoms with Crippen molar-refractivity contribution < 1.29 is 9.53 Å². The van der Waals surface area contributed by atoms with E-state index in [-0.39, 0.29) is 6.09 Å². The van der Waals surface area contributed by atoms with Crippen molar-refractivity contribution in [3.05, 3.63) is 12.3 Å². The minimum atomic E-state index is -0.315. The van der Waals surface area contributed by atoms with Crippen LogP contribution in [0.5, 0.6) is 0 Å². The minimum absolute atomic E-state index is 0.315. The molecule has 92 valence electrons. The Labute approximate surface area is 97.9 Å². The van der Waals surface area contributed by atoms with Gasteiger partial charge in [-0.05, 0) is 32.9 Å². The smallest absolute Gasteiger partial charge is 0.414 e. The normalized spacial score (nSPS) is 16.9. The van der Waals surface area contributed by atoms with E-state index in [4.69, 9.17) is 4.74 Å². The fraction of sp³-hybridized carbons (Fsp3) is 0.750. The molecular weight excluding hydrogens is 204 g/mol. The number of likely N-dealkylation sites (tertiary alicyclic amines) is 1. The zero-order valence-electron chi connectivity index (χ0n) is 10.4. The number of amides is 1. The number of ether oxygens (including phenoxy) is 1. The van der Waals surface area contributed by atoms with Crippen LogP contribution in [-0.2, 0) is 4.74 Å². The molecule has 0 spiro atoms. The van der Waals surface area contributed by atoms with Crippen LogP contribution in [0.4, 0.5) is 4.79 Å². The summed E-state index contributed by atoms with van der Waals surface area (Å²) >= 11 is 0. The molecule has 1 rings (SSSR count). The molecule has 0 aliphatic carbocycles. The van der Waals surface area contributed by atoms with Gasteiger partial charge in [-0.25, -0.2) is 4.79 Å². The summed E-state index contributed by atoms with van der Waals surface area (Å²) < 4.78 is 4.93. The van der Waals surface area contributed by atoms with Gasteiger partial charge in [0, 0.05) is 20.1 Å². The van der Waals surface area contributed by atoms with Crippen molar-refractivity contribution in [2.45, 2.75) is 26.2 Å². The Hall–Kier alpha value is -1.03. The fourth-order valence-corrected chi connectivity index (χ4v) is 1.79. The molecule has 0 aromatic carbocycles. The van der Waals surface area contributed by atoms with Gasteiger partial charge in [-0.2, -0.15) is 0 Å². The molecule has 0 radical (unpaired) electrons. The topological polar surface area (TPSA) is 32.8 Å². The summed E-state index contributed by atoms with van der Waals surface area (Å²) in [6.45, 7) is 9.18. The lowest BCUT2D eigenvalue weighted by molar-refractivity contribution is 0.129. The molecule has 0 unspecified atom stereocenters. The molecule has 0 aromatic heterocycles. The van der Waals surface area contributed by atoms with Crippen molar-refractivity contribution >= 4 is 6.09 Å². The predicted octanol–water partition coefficient (Wildman–Crippen LogP) is 2.07. The molecule has 0 saturated carbocycles. The van der Waals surface area contributed by atoms with E-state index < -0.39 is 0 Å². The van der Waals surface area contributed by atoms with Crippen molar-refractivity contribution in [3.8, 4) is 0 Å². The largest absolute Gasteiger partial charge is 0.416 e. The van der Waals surface area contributed by atoms with Crippen LogP contribution in [0.1, 0.15) is 26.2 Å². The van der Waals surface area contributed by atoms with Crippen molar-refractivity contribution in [1.29, 1.82) is 0 Å². The zero-order chi connectivity index (χ0) is 12.0. The van der Waals surface area contributed by atoms with Crippen LogP contribution < -0.4 is 0 Å². The maximum absolute atomic E-state index is 11.5. The second-order valence-corrected chi connectivity index (χ2v) is 4.39.